The van der Waals surface area contributed by atoms with Crippen molar-refractivity contribution in [2.75, 3.05) is 250 Å². The van der Waals surface area contributed by atoms with Gasteiger partial charge in [0.15, 0.2) is 0 Å². The van der Waals surface area contributed by atoms with Crippen molar-refractivity contribution in [1.29, 1.82) is 0 Å². The van der Waals surface area contributed by atoms with Crippen LogP contribution in [0, 0.1) is 79.9 Å². The molecule has 452 valence electrons. The smallest absolute Gasteiger partial charge is 0.549 e. The molecule has 78 heavy (non-hydrogen) atoms. The van der Waals surface area contributed by atoms with Gasteiger partial charge in [0.05, 0.1) is 120 Å². The Morgan fingerprint density at radius 2 is 0.577 bits per heavy atom. The second-order valence-corrected chi connectivity index (χ2v) is 18.8. The molecule has 0 spiro atoms. The summed E-state index contributed by atoms with van der Waals surface area (Å²) in [7, 11) is 3.10. The summed E-state index contributed by atoms with van der Waals surface area (Å²) in [6.07, 6.45) is -2.32. The van der Waals surface area contributed by atoms with Crippen LogP contribution in [0.15, 0.2) is 0 Å². The number of hydrogen-bond acceptors (Lipinski definition) is 29. The van der Waals surface area contributed by atoms with Gasteiger partial charge in [-0.25, -0.2) is 0 Å². The van der Waals surface area contributed by atoms with Crippen LogP contribution in [0.3, 0.4) is 0 Å². The summed E-state index contributed by atoms with van der Waals surface area (Å²) < 4.78 is 33.5. The molecule has 2 fully saturated rings. The van der Waals surface area contributed by atoms with Crippen molar-refractivity contribution in [2.24, 2.45) is 0 Å². The Bertz CT molecular complexity index is 1470. The van der Waals surface area contributed by atoms with E-state index in [1.54, 1.807) is 33.8 Å². The molecular formula is C47H83Gd2N9O20. The van der Waals surface area contributed by atoms with E-state index < -0.39 is 93.3 Å². The molecule has 0 aromatic carbocycles. The Balaban J connectivity index is 0.0000296. The monoisotopic (exact) mass is 1410 g/mol. The third-order valence-electron chi connectivity index (χ3n) is 12.5. The Morgan fingerprint density at radius 3 is 0.795 bits per heavy atom. The molecule has 0 amide bonds. The van der Waals surface area contributed by atoms with E-state index >= 15 is 0 Å². The number of carboxylic acid groups (broad SMARTS) is 6. The molecule has 2 atom stereocenters. The van der Waals surface area contributed by atoms with Crippen LogP contribution in [0.1, 0.15) is 0 Å². The fraction of sp³-hybridized carbons (Fsp3) is 0.872. The Morgan fingerprint density at radius 1 is 0.372 bits per heavy atom. The van der Waals surface area contributed by atoms with E-state index in [4.69, 9.17) is 28.4 Å². The first-order valence-corrected chi connectivity index (χ1v) is 25.7. The van der Waals surface area contributed by atoms with Crippen LogP contribution in [-0.2, 0) is 57.2 Å². The topological polar surface area (TPSA) is 366 Å². The van der Waals surface area contributed by atoms with Gasteiger partial charge in [-0.15, -0.1) is 0 Å². The SMILES string of the molecule is COCCOCCOCC(COCCOCCOC)N(CC(O)CN1CCN(CC(=O)[O-])CCN(CC(=O)[O-])CCN(CC(=O)[O-])CC1)CC(O)CN1CCN(CC(=O)[O-])CCN(CC(=O)[O-])CCN(CC(=O)[O-])CC1.[Gd+3].[Gd+3]. The van der Waals surface area contributed by atoms with Gasteiger partial charge in [-0.2, -0.15) is 0 Å². The van der Waals surface area contributed by atoms with Gasteiger partial charge in [0, 0.05) is 184 Å². The van der Waals surface area contributed by atoms with Crippen molar-refractivity contribution >= 4 is 35.8 Å². The maximum absolute atomic E-state index is 12.0. The molecule has 2 N–H and O–H groups in total. The first-order valence-electron chi connectivity index (χ1n) is 25.7. The summed E-state index contributed by atoms with van der Waals surface area (Å²) in [6.45, 7) is 1.82. The second kappa shape index (κ2) is 47.2. The van der Waals surface area contributed by atoms with Crippen molar-refractivity contribution in [3.05, 3.63) is 0 Å². The standard InChI is InChI=1S/C47H89N9O20.2Gd/c1-71-19-21-73-23-25-75-37-39(38-76-26-24-74-22-20-72-2)56(29-40(57)27-48-3-7-50(31-42(59)60)11-15-54(35-46(67)68)16-12-51(8-4-48)32-43(61)62)30-41(58)28-49-5-9-52(33-44(63)64)13-17-55(36-47(69)70)18-14-53(10-6-49)34-45(65)66;;/h39-41,57-58H,3-38H2,1-2H3,(H,59,60)(H,61,62)(H,63,64)(H,65,66)(H,67,68)(H,69,70);;/q;2*+3/p-6. The molecule has 0 bridgehead atoms. The van der Waals surface area contributed by atoms with Gasteiger partial charge in [0.1, 0.15) is 0 Å². The van der Waals surface area contributed by atoms with Crippen molar-refractivity contribution in [2.45, 2.75) is 18.2 Å². The number of hydrogen-bond donors (Lipinski definition) is 2. The number of β-amino-alcohol motifs (C(OH)–C–C–N with tert-alkyl or cyclic N) is 2. The average Bonchev–Trinajstić information content (AvgIpc) is 3.33. The van der Waals surface area contributed by atoms with Crippen LogP contribution in [0.4, 0.5) is 0 Å². The van der Waals surface area contributed by atoms with Gasteiger partial charge < -0.3 is 98.0 Å². The summed E-state index contributed by atoms with van der Waals surface area (Å²) in [5, 5.41) is 94.4. The maximum atomic E-state index is 12.0. The first-order chi connectivity index (χ1) is 36.3. The number of nitrogens with zero attached hydrogens (tertiary/aromatic N) is 9. The van der Waals surface area contributed by atoms with Gasteiger partial charge >= 0.3 is 79.9 Å². The predicted octanol–water partition coefficient (Wildman–Crippen LogP) is -13.3. The van der Waals surface area contributed by atoms with Crippen molar-refractivity contribution in [3.8, 4) is 0 Å². The van der Waals surface area contributed by atoms with Crippen LogP contribution in [0.2, 0.25) is 0 Å². The zero-order valence-electron chi connectivity index (χ0n) is 45.2. The molecule has 0 saturated carbocycles. The molecule has 0 aliphatic carbocycles. The average molecular weight is 1410 g/mol. The number of aliphatic hydroxyl groups excluding tert-OH is 2. The van der Waals surface area contributed by atoms with Crippen LogP contribution < -0.4 is 30.6 Å². The number of methoxy groups -OCH3 is 2. The number of rotatable bonds is 37. The van der Waals surface area contributed by atoms with Gasteiger partial charge in [0.25, 0.3) is 0 Å². The Kier molecular flexibility index (Phi) is 46.4. The van der Waals surface area contributed by atoms with Gasteiger partial charge in [-0.05, 0) is 0 Å². The molecule has 2 unspecified atom stereocenters. The summed E-state index contributed by atoms with van der Waals surface area (Å²) >= 11 is 0. The molecule has 2 rings (SSSR count). The first kappa shape index (κ1) is 76.8. The van der Waals surface area contributed by atoms with Crippen LogP contribution in [0.25, 0.3) is 0 Å². The summed E-state index contributed by atoms with van der Waals surface area (Å²) in [4.78, 5) is 85.3. The van der Waals surface area contributed by atoms with E-state index in [1.165, 1.54) is 9.80 Å². The minimum atomic E-state index is -1.35. The van der Waals surface area contributed by atoms with Gasteiger partial charge in [-0.3, -0.25) is 44.1 Å². The summed E-state index contributed by atoms with van der Waals surface area (Å²) in [5.41, 5.74) is 0. The van der Waals surface area contributed by atoms with Crippen LogP contribution in [0.5, 0.6) is 0 Å². The molecule has 2 radical (unpaired) electrons. The molecule has 29 nitrogen and oxygen atoms in total. The minimum Gasteiger partial charge on any atom is -0.549 e. The van der Waals surface area contributed by atoms with Crippen molar-refractivity contribution < 1.29 is 178 Å². The fourth-order valence-electron chi connectivity index (χ4n) is 8.61. The summed E-state index contributed by atoms with van der Waals surface area (Å²) in [6, 6.07) is -0.609. The zero-order valence-corrected chi connectivity index (χ0v) is 49.7. The maximum Gasteiger partial charge on any atom is 3.00 e. The van der Waals surface area contributed by atoms with Gasteiger partial charge in [-0.1, -0.05) is 0 Å². The molecule has 31 heteroatoms. The molecule has 0 aromatic rings. The zero-order chi connectivity index (χ0) is 56.1. The minimum absolute atomic E-state index is 0. The Labute approximate surface area is 522 Å². The van der Waals surface area contributed by atoms with E-state index in [-0.39, 0.29) is 250 Å². The van der Waals surface area contributed by atoms with Crippen molar-refractivity contribution in [3.63, 3.8) is 0 Å². The number of aliphatic hydroxyl groups is 2. The molecule has 2 aliphatic heterocycles. The number of ether oxygens (including phenoxy) is 6. The fourth-order valence-corrected chi connectivity index (χ4v) is 8.61. The Hall–Kier alpha value is -1.21. The number of carbonyl (C=O) groups excluding carboxylic acids is 6. The predicted molar refractivity (Wildman–Crippen MR) is 256 cm³/mol. The summed E-state index contributed by atoms with van der Waals surface area (Å²) in [5.74, 6) is -8.10. The molecule has 2 heterocycles. The van der Waals surface area contributed by atoms with E-state index in [9.17, 15) is 69.6 Å². The van der Waals surface area contributed by atoms with Gasteiger partial charge in [0.2, 0.25) is 0 Å². The number of carbonyl (C=O) groups is 6. The second-order valence-electron chi connectivity index (χ2n) is 18.8. The quantitative estimate of drug-likeness (QED) is 0.0546. The number of carboxylic acids is 6. The van der Waals surface area contributed by atoms with Crippen molar-refractivity contribution in [1.82, 2.24) is 44.1 Å². The third-order valence-corrected chi connectivity index (χ3v) is 12.5. The number of aliphatic carboxylic acids is 6. The van der Waals surface area contributed by atoms with E-state index in [0.717, 1.165) is 0 Å². The molecule has 0 aromatic heterocycles. The van der Waals surface area contributed by atoms with Crippen LogP contribution in [-0.4, -0.2) is 359 Å². The molecule has 2 aliphatic rings. The van der Waals surface area contributed by atoms with E-state index in [2.05, 4.69) is 0 Å². The van der Waals surface area contributed by atoms with E-state index in [0.29, 0.717) is 26.4 Å². The third kappa shape index (κ3) is 40.1. The largest absolute Gasteiger partial charge is 3.00 e. The van der Waals surface area contributed by atoms with Crippen LogP contribution >= 0.6 is 0 Å². The molecule has 2 saturated heterocycles. The molecular weight excluding hydrogens is 1330 g/mol. The van der Waals surface area contributed by atoms with E-state index in [1.807, 2.05) is 14.7 Å². The normalized spacial score (nSPS) is 18.4.